The van der Waals surface area contributed by atoms with Crippen molar-refractivity contribution in [1.82, 2.24) is 0 Å². The summed E-state index contributed by atoms with van der Waals surface area (Å²) in [6, 6.07) is 3.81. The van der Waals surface area contributed by atoms with Crippen molar-refractivity contribution in [3.05, 3.63) is 24.2 Å². The second-order valence-corrected chi connectivity index (χ2v) is 3.43. The predicted octanol–water partition coefficient (Wildman–Crippen LogP) is 1.57. The van der Waals surface area contributed by atoms with Crippen molar-refractivity contribution in [2.45, 2.75) is 32.4 Å². The van der Waals surface area contributed by atoms with E-state index < -0.39 is 0 Å². The molecule has 1 heterocycles. The summed E-state index contributed by atoms with van der Waals surface area (Å²) in [6.07, 6.45) is 2.63. The smallest absolute Gasteiger partial charge is 0.105 e. The SMILES string of the molecule is CC(C)OCC(N)Cc1ccco1. The van der Waals surface area contributed by atoms with Gasteiger partial charge >= 0.3 is 0 Å². The number of nitrogens with two attached hydrogens (primary N) is 1. The summed E-state index contributed by atoms with van der Waals surface area (Å²) in [5, 5.41) is 0. The van der Waals surface area contributed by atoms with Crippen LogP contribution in [-0.4, -0.2) is 18.8 Å². The van der Waals surface area contributed by atoms with E-state index in [9.17, 15) is 0 Å². The molecular weight excluding hydrogens is 166 g/mol. The van der Waals surface area contributed by atoms with Crippen molar-refractivity contribution >= 4 is 0 Å². The molecule has 0 saturated carbocycles. The highest BCUT2D eigenvalue weighted by Crippen LogP contribution is 2.03. The number of rotatable bonds is 5. The molecule has 0 saturated heterocycles. The zero-order chi connectivity index (χ0) is 9.68. The van der Waals surface area contributed by atoms with Crippen LogP contribution >= 0.6 is 0 Å². The van der Waals surface area contributed by atoms with Crippen molar-refractivity contribution in [3.63, 3.8) is 0 Å². The van der Waals surface area contributed by atoms with E-state index in [-0.39, 0.29) is 12.1 Å². The molecule has 0 spiro atoms. The van der Waals surface area contributed by atoms with Gasteiger partial charge in [-0.1, -0.05) is 0 Å². The normalized spacial score (nSPS) is 13.5. The van der Waals surface area contributed by atoms with E-state index in [2.05, 4.69) is 0 Å². The Labute approximate surface area is 78.9 Å². The summed E-state index contributed by atoms with van der Waals surface area (Å²) in [7, 11) is 0. The molecule has 0 aromatic carbocycles. The first-order valence-corrected chi connectivity index (χ1v) is 4.58. The summed E-state index contributed by atoms with van der Waals surface area (Å²) in [5.74, 6) is 0.917. The minimum absolute atomic E-state index is 0.0218. The van der Waals surface area contributed by atoms with Crippen LogP contribution in [0.15, 0.2) is 22.8 Å². The van der Waals surface area contributed by atoms with Crippen LogP contribution in [0.1, 0.15) is 19.6 Å². The Morgan fingerprint density at radius 2 is 2.31 bits per heavy atom. The molecule has 3 heteroatoms. The molecule has 0 radical (unpaired) electrons. The first-order valence-electron chi connectivity index (χ1n) is 4.58. The van der Waals surface area contributed by atoms with E-state index in [1.807, 2.05) is 26.0 Å². The lowest BCUT2D eigenvalue weighted by molar-refractivity contribution is 0.0675. The maximum absolute atomic E-state index is 5.83. The number of ether oxygens (including phenoxy) is 1. The number of hydrogen-bond acceptors (Lipinski definition) is 3. The Balaban J connectivity index is 2.22. The molecule has 1 atom stereocenters. The maximum Gasteiger partial charge on any atom is 0.105 e. The van der Waals surface area contributed by atoms with Gasteiger partial charge in [0.2, 0.25) is 0 Å². The monoisotopic (exact) mass is 183 g/mol. The average molecular weight is 183 g/mol. The molecule has 0 fully saturated rings. The molecule has 0 aliphatic carbocycles. The largest absolute Gasteiger partial charge is 0.469 e. The standard InChI is InChI=1S/C10H17NO2/c1-8(2)13-7-9(11)6-10-4-3-5-12-10/h3-5,8-9H,6-7,11H2,1-2H3. The van der Waals surface area contributed by atoms with E-state index >= 15 is 0 Å². The summed E-state index contributed by atoms with van der Waals surface area (Å²) < 4.78 is 10.6. The first kappa shape index (κ1) is 10.3. The van der Waals surface area contributed by atoms with Crippen LogP contribution in [0.3, 0.4) is 0 Å². The summed E-state index contributed by atoms with van der Waals surface area (Å²) in [4.78, 5) is 0. The van der Waals surface area contributed by atoms with Gasteiger partial charge in [0.1, 0.15) is 5.76 Å². The van der Waals surface area contributed by atoms with E-state index in [0.29, 0.717) is 6.61 Å². The quantitative estimate of drug-likeness (QED) is 0.753. The van der Waals surface area contributed by atoms with Gasteiger partial charge in [0.05, 0.1) is 19.0 Å². The molecule has 1 aromatic heterocycles. The molecule has 74 valence electrons. The third kappa shape index (κ3) is 4.10. The fourth-order valence-corrected chi connectivity index (χ4v) is 1.06. The molecule has 0 amide bonds. The lowest BCUT2D eigenvalue weighted by Crippen LogP contribution is -2.29. The van der Waals surface area contributed by atoms with Crippen LogP contribution in [0.25, 0.3) is 0 Å². The van der Waals surface area contributed by atoms with Gasteiger partial charge in [-0.05, 0) is 26.0 Å². The van der Waals surface area contributed by atoms with Gasteiger partial charge in [-0.15, -0.1) is 0 Å². The molecule has 3 nitrogen and oxygen atoms in total. The highest BCUT2D eigenvalue weighted by atomic mass is 16.5. The molecule has 1 rings (SSSR count). The lowest BCUT2D eigenvalue weighted by atomic mass is 10.2. The molecule has 0 aliphatic heterocycles. The highest BCUT2D eigenvalue weighted by Gasteiger charge is 2.06. The topological polar surface area (TPSA) is 48.4 Å². The van der Waals surface area contributed by atoms with Crippen LogP contribution in [0.4, 0.5) is 0 Å². The third-order valence-electron chi connectivity index (χ3n) is 1.69. The number of furan rings is 1. The van der Waals surface area contributed by atoms with E-state index in [0.717, 1.165) is 12.2 Å². The Bertz CT molecular complexity index is 219. The van der Waals surface area contributed by atoms with Gasteiger partial charge < -0.3 is 14.9 Å². The van der Waals surface area contributed by atoms with Crippen LogP contribution in [0.5, 0.6) is 0 Å². The molecule has 13 heavy (non-hydrogen) atoms. The fraction of sp³-hybridized carbons (Fsp3) is 0.600. The van der Waals surface area contributed by atoms with Crippen molar-refractivity contribution < 1.29 is 9.15 Å². The zero-order valence-electron chi connectivity index (χ0n) is 8.19. The maximum atomic E-state index is 5.83. The van der Waals surface area contributed by atoms with Gasteiger partial charge in [0.15, 0.2) is 0 Å². The molecule has 2 N–H and O–H groups in total. The van der Waals surface area contributed by atoms with Gasteiger partial charge in [-0.2, -0.15) is 0 Å². The summed E-state index contributed by atoms with van der Waals surface area (Å²) in [5.41, 5.74) is 5.83. The van der Waals surface area contributed by atoms with Crippen LogP contribution in [0.2, 0.25) is 0 Å². The van der Waals surface area contributed by atoms with Gasteiger partial charge in [-0.25, -0.2) is 0 Å². The van der Waals surface area contributed by atoms with Gasteiger partial charge in [-0.3, -0.25) is 0 Å². The second-order valence-electron chi connectivity index (χ2n) is 3.43. The van der Waals surface area contributed by atoms with E-state index in [1.165, 1.54) is 0 Å². The molecule has 1 unspecified atom stereocenters. The third-order valence-corrected chi connectivity index (χ3v) is 1.69. The van der Waals surface area contributed by atoms with Crippen molar-refractivity contribution in [3.8, 4) is 0 Å². The number of hydrogen-bond donors (Lipinski definition) is 1. The predicted molar refractivity (Wildman–Crippen MR) is 51.5 cm³/mol. The highest BCUT2D eigenvalue weighted by molar-refractivity contribution is 5.00. The Kier molecular flexibility index (Phi) is 3.99. The van der Waals surface area contributed by atoms with Crippen molar-refractivity contribution in [2.24, 2.45) is 5.73 Å². The zero-order valence-corrected chi connectivity index (χ0v) is 8.19. The van der Waals surface area contributed by atoms with Crippen LogP contribution < -0.4 is 5.73 Å². The molecule has 0 aliphatic rings. The van der Waals surface area contributed by atoms with Crippen molar-refractivity contribution in [1.29, 1.82) is 0 Å². The fourth-order valence-electron chi connectivity index (χ4n) is 1.06. The van der Waals surface area contributed by atoms with Gasteiger partial charge in [0, 0.05) is 12.5 Å². The summed E-state index contributed by atoms with van der Waals surface area (Å²) >= 11 is 0. The Morgan fingerprint density at radius 3 is 2.85 bits per heavy atom. The minimum atomic E-state index is 0.0218. The summed E-state index contributed by atoms with van der Waals surface area (Å²) in [6.45, 7) is 4.58. The Morgan fingerprint density at radius 1 is 1.54 bits per heavy atom. The molecular formula is C10H17NO2. The first-order chi connectivity index (χ1) is 6.18. The van der Waals surface area contributed by atoms with Crippen molar-refractivity contribution in [2.75, 3.05) is 6.61 Å². The van der Waals surface area contributed by atoms with Crippen LogP contribution in [-0.2, 0) is 11.2 Å². The van der Waals surface area contributed by atoms with E-state index in [4.69, 9.17) is 14.9 Å². The average Bonchev–Trinajstić information content (AvgIpc) is 2.53. The molecule has 0 bridgehead atoms. The van der Waals surface area contributed by atoms with Crippen LogP contribution in [0, 0.1) is 0 Å². The minimum Gasteiger partial charge on any atom is -0.469 e. The Hall–Kier alpha value is -0.800. The molecule has 1 aromatic rings. The second kappa shape index (κ2) is 5.04. The van der Waals surface area contributed by atoms with E-state index in [1.54, 1.807) is 6.26 Å². The lowest BCUT2D eigenvalue weighted by Gasteiger charge is -2.12. The van der Waals surface area contributed by atoms with Gasteiger partial charge in [0.25, 0.3) is 0 Å².